The topological polar surface area (TPSA) is 41.1 Å². The molecule has 0 heterocycles. The molecule has 0 saturated heterocycles. The Morgan fingerprint density at radius 1 is 1.18 bits per heavy atom. The lowest BCUT2D eigenvalue weighted by molar-refractivity contribution is -0.122. The quantitative estimate of drug-likeness (QED) is 0.796. The van der Waals surface area contributed by atoms with E-state index in [4.69, 9.17) is 0 Å². The lowest BCUT2D eigenvalue weighted by Crippen LogP contribution is -2.42. The molecule has 2 amide bonds. The maximum atomic E-state index is 11.8. The van der Waals surface area contributed by atoms with Gasteiger partial charge in [-0.3, -0.25) is 0 Å². The van der Waals surface area contributed by atoms with E-state index in [1.807, 2.05) is 0 Å². The largest absolute Gasteiger partial charge is 0.405 e. The van der Waals surface area contributed by atoms with Gasteiger partial charge < -0.3 is 10.6 Å². The average Bonchev–Trinajstić information content (AvgIpc) is 2.25. The third-order valence-corrected chi connectivity index (χ3v) is 3.14. The molecule has 2 N–H and O–H groups in total. The molecule has 0 atom stereocenters. The maximum Gasteiger partial charge on any atom is 0.405 e. The third kappa shape index (κ3) is 6.38. The second-order valence-corrected chi connectivity index (χ2v) is 4.80. The second kappa shape index (κ2) is 6.12. The summed E-state index contributed by atoms with van der Waals surface area (Å²) < 4.78 is 35.4. The van der Waals surface area contributed by atoms with E-state index in [0.717, 1.165) is 31.6 Å². The van der Waals surface area contributed by atoms with Crippen LogP contribution >= 0.6 is 0 Å². The Hall–Kier alpha value is -0.940. The zero-order valence-corrected chi connectivity index (χ0v) is 9.94. The molecule has 0 aliphatic heterocycles. The first-order valence-electron chi connectivity index (χ1n) is 5.95. The SMILES string of the molecule is CC1CCC(CNC(=O)NCC(F)(F)F)CC1. The molecule has 0 aromatic carbocycles. The van der Waals surface area contributed by atoms with Crippen molar-refractivity contribution in [3.05, 3.63) is 0 Å². The van der Waals surface area contributed by atoms with Gasteiger partial charge in [0.25, 0.3) is 0 Å². The predicted octanol–water partition coefficient (Wildman–Crippen LogP) is 2.67. The van der Waals surface area contributed by atoms with E-state index in [9.17, 15) is 18.0 Å². The monoisotopic (exact) mass is 252 g/mol. The minimum Gasteiger partial charge on any atom is -0.338 e. The van der Waals surface area contributed by atoms with Crippen molar-refractivity contribution in [2.45, 2.75) is 38.8 Å². The van der Waals surface area contributed by atoms with E-state index in [0.29, 0.717) is 12.5 Å². The Bertz CT molecular complexity index is 248. The van der Waals surface area contributed by atoms with Gasteiger partial charge in [-0.2, -0.15) is 13.2 Å². The number of urea groups is 1. The number of carbonyl (C=O) groups excluding carboxylic acids is 1. The van der Waals surface area contributed by atoms with Gasteiger partial charge in [0, 0.05) is 6.54 Å². The summed E-state index contributed by atoms with van der Waals surface area (Å²) in [5, 5.41) is 4.29. The van der Waals surface area contributed by atoms with Crippen molar-refractivity contribution in [3.8, 4) is 0 Å². The van der Waals surface area contributed by atoms with Gasteiger partial charge in [0.2, 0.25) is 0 Å². The fraction of sp³-hybridized carbons (Fsp3) is 0.909. The highest BCUT2D eigenvalue weighted by molar-refractivity contribution is 5.73. The number of rotatable bonds is 3. The molecule has 0 radical (unpaired) electrons. The molecule has 1 fully saturated rings. The smallest absolute Gasteiger partial charge is 0.338 e. The molecule has 1 saturated carbocycles. The van der Waals surface area contributed by atoms with Gasteiger partial charge in [0.05, 0.1) is 0 Å². The van der Waals surface area contributed by atoms with Crippen LogP contribution in [-0.4, -0.2) is 25.3 Å². The number of alkyl halides is 3. The molecule has 3 nitrogen and oxygen atoms in total. The van der Waals surface area contributed by atoms with Crippen molar-refractivity contribution in [2.75, 3.05) is 13.1 Å². The average molecular weight is 252 g/mol. The van der Waals surface area contributed by atoms with Crippen LogP contribution in [0.5, 0.6) is 0 Å². The molecule has 1 aliphatic carbocycles. The van der Waals surface area contributed by atoms with Gasteiger partial charge in [-0.25, -0.2) is 4.79 Å². The summed E-state index contributed by atoms with van der Waals surface area (Å²) in [7, 11) is 0. The molecule has 0 aromatic heterocycles. The van der Waals surface area contributed by atoms with Crippen molar-refractivity contribution < 1.29 is 18.0 Å². The van der Waals surface area contributed by atoms with Crippen LogP contribution in [0.1, 0.15) is 32.6 Å². The highest BCUT2D eigenvalue weighted by atomic mass is 19.4. The number of nitrogens with one attached hydrogen (secondary N) is 2. The van der Waals surface area contributed by atoms with E-state index >= 15 is 0 Å². The van der Waals surface area contributed by atoms with Gasteiger partial charge >= 0.3 is 12.2 Å². The van der Waals surface area contributed by atoms with Crippen LogP contribution in [0.2, 0.25) is 0 Å². The first kappa shape index (κ1) is 14.1. The fourth-order valence-electron chi connectivity index (χ4n) is 2.01. The predicted molar refractivity (Wildman–Crippen MR) is 58.6 cm³/mol. The molecule has 17 heavy (non-hydrogen) atoms. The molecule has 1 aliphatic rings. The zero-order valence-electron chi connectivity index (χ0n) is 9.94. The van der Waals surface area contributed by atoms with Gasteiger partial charge in [-0.15, -0.1) is 0 Å². The summed E-state index contributed by atoms with van der Waals surface area (Å²) in [6.45, 7) is 1.39. The first-order valence-corrected chi connectivity index (χ1v) is 5.95. The molecule has 0 unspecified atom stereocenters. The van der Waals surface area contributed by atoms with E-state index in [1.54, 1.807) is 5.32 Å². The highest BCUT2D eigenvalue weighted by Gasteiger charge is 2.27. The Balaban J connectivity index is 2.11. The molecule has 0 spiro atoms. The molecule has 0 bridgehead atoms. The molecule has 0 aromatic rings. The summed E-state index contributed by atoms with van der Waals surface area (Å²) in [4.78, 5) is 11.1. The van der Waals surface area contributed by atoms with Crippen LogP contribution in [0.15, 0.2) is 0 Å². The first-order chi connectivity index (χ1) is 7.87. The lowest BCUT2D eigenvalue weighted by Gasteiger charge is -2.26. The zero-order chi connectivity index (χ0) is 12.9. The Morgan fingerprint density at radius 3 is 2.29 bits per heavy atom. The van der Waals surface area contributed by atoms with Crippen LogP contribution in [0.3, 0.4) is 0 Å². The standard InChI is InChI=1S/C11H19F3N2O/c1-8-2-4-9(5-3-8)6-15-10(17)16-7-11(12,13)14/h8-9H,2-7H2,1H3,(H2,15,16,17). The van der Waals surface area contributed by atoms with Gasteiger partial charge in [0.15, 0.2) is 0 Å². The van der Waals surface area contributed by atoms with Crippen LogP contribution in [0.4, 0.5) is 18.0 Å². The highest BCUT2D eigenvalue weighted by Crippen LogP contribution is 2.27. The van der Waals surface area contributed by atoms with E-state index in [1.165, 1.54) is 0 Å². The third-order valence-electron chi connectivity index (χ3n) is 3.14. The summed E-state index contributed by atoms with van der Waals surface area (Å²) in [6, 6.07) is -0.735. The van der Waals surface area contributed by atoms with Crippen molar-refractivity contribution in [2.24, 2.45) is 11.8 Å². The summed E-state index contributed by atoms with van der Waals surface area (Å²) in [5.41, 5.74) is 0. The Labute approximate surface area is 99.1 Å². The minimum absolute atomic E-state index is 0.405. The summed E-state index contributed by atoms with van der Waals surface area (Å²) >= 11 is 0. The molecular weight excluding hydrogens is 233 g/mol. The van der Waals surface area contributed by atoms with Crippen molar-refractivity contribution in [1.29, 1.82) is 0 Å². The van der Waals surface area contributed by atoms with Crippen molar-refractivity contribution >= 4 is 6.03 Å². The molecule has 1 rings (SSSR count). The number of hydrogen-bond acceptors (Lipinski definition) is 1. The number of amides is 2. The Morgan fingerprint density at radius 2 is 1.76 bits per heavy atom. The van der Waals surface area contributed by atoms with Crippen LogP contribution in [0, 0.1) is 11.8 Å². The molecular formula is C11H19F3N2O. The van der Waals surface area contributed by atoms with Crippen LogP contribution in [0.25, 0.3) is 0 Å². The van der Waals surface area contributed by atoms with Gasteiger partial charge in [-0.1, -0.05) is 19.8 Å². The number of hydrogen-bond donors (Lipinski definition) is 2. The minimum atomic E-state index is -4.35. The van der Waals surface area contributed by atoms with E-state index in [-0.39, 0.29) is 0 Å². The van der Waals surface area contributed by atoms with Crippen molar-refractivity contribution in [1.82, 2.24) is 10.6 Å². The number of carbonyl (C=O) groups is 1. The Kier molecular flexibility index (Phi) is 5.08. The van der Waals surface area contributed by atoms with Crippen molar-refractivity contribution in [3.63, 3.8) is 0 Å². The lowest BCUT2D eigenvalue weighted by atomic mass is 9.83. The normalized spacial score (nSPS) is 25.4. The van der Waals surface area contributed by atoms with E-state index < -0.39 is 18.8 Å². The van der Waals surface area contributed by atoms with Crippen LogP contribution < -0.4 is 10.6 Å². The van der Waals surface area contributed by atoms with Gasteiger partial charge in [-0.05, 0) is 24.7 Å². The van der Waals surface area contributed by atoms with Crippen LogP contribution in [-0.2, 0) is 0 Å². The summed E-state index contributed by atoms with van der Waals surface area (Å²) in [5.74, 6) is 1.13. The van der Waals surface area contributed by atoms with Gasteiger partial charge in [0.1, 0.15) is 6.54 Å². The fourth-order valence-corrected chi connectivity index (χ4v) is 2.01. The summed E-state index contributed by atoms with van der Waals surface area (Å²) in [6.07, 6.45) is 0.00603. The number of halogens is 3. The maximum absolute atomic E-state index is 11.8. The molecule has 100 valence electrons. The molecule has 6 heteroatoms. The second-order valence-electron chi connectivity index (χ2n) is 4.80. The van der Waals surface area contributed by atoms with E-state index in [2.05, 4.69) is 12.2 Å².